The van der Waals surface area contributed by atoms with Gasteiger partial charge < -0.3 is 14.6 Å². The molecule has 146 valence electrons. The average Bonchev–Trinajstić information content (AvgIpc) is 3.15. The predicted octanol–water partition coefficient (Wildman–Crippen LogP) is 2.91. The van der Waals surface area contributed by atoms with Gasteiger partial charge in [-0.05, 0) is 28.5 Å². The summed E-state index contributed by atoms with van der Waals surface area (Å²) >= 11 is 0. The number of ether oxygens (including phenoxy) is 1. The molecule has 0 unspecified atom stereocenters. The largest absolute Gasteiger partial charge is 0.379 e. The molecule has 2 aromatic carbocycles. The van der Waals surface area contributed by atoms with Crippen LogP contribution in [0.5, 0.6) is 0 Å². The Hall–Kier alpha value is -2.63. The highest BCUT2D eigenvalue weighted by Crippen LogP contribution is 2.22. The first kappa shape index (κ1) is 18.7. The zero-order valence-corrected chi connectivity index (χ0v) is 16.3. The molecule has 0 bridgehead atoms. The van der Waals surface area contributed by atoms with Crippen LogP contribution in [0.25, 0.3) is 10.8 Å². The van der Waals surface area contributed by atoms with Gasteiger partial charge in [-0.15, -0.1) is 0 Å². The van der Waals surface area contributed by atoms with Crippen molar-refractivity contribution in [3.8, 4) is 0 Å². The highest BCUT2D eigenvalue weighted by molar-refractivity contribution is 5.90. The molecule has 5 nitrogen and oxygen atoms in total. The molecule has 1 aliphatic heterocycles. The standard InChI is InChI=1S/C23H27N3O2/c1-25-11-5-10-21(25)22(26-12-14-28-15-13-26)17-24-23(27)16-19-8-4-7-18-6-2-3-9-20(18)19/h2-11,22H,12-17H2,1H3,(H,24,27)/t22-/m1/s1. The van der Waals surface area contributed by atoms with Crippen molar-refractivity contribution in [2.75, 3.05) is 32.8 Å². The van der Waals surface area contributed by atoms with Crippen molar-refractivity contribution in [1.29, 1.82) is 0 Å². The van der Waals surface area contributed by atoms with E-state index in [1.807, 2.05) is 24.3 Å². The van der Waals surface area contributed by atoms with Crippen LogP contribution in [0.2, 0.25) is 0 Å². The second-order valence-electron chi connectivity index (χ2n) is 7.33. The molecule has 1 aliphatic rings. The maximum atomic E-state index is 12.7. The van der Waals surface area contributed by atoms with Crippen LogP contribution in [0.3, 0.4) is 0 Å². The number of morpholine rings is 1. The van der Waals surface area contributed by atoms with Crippen LogP contribution in [0.4, 0.5) is 0 Å². The van der Waals surface area contributed by atoms with E-state index in [0.29, 0.717) is 13.0 Å². The molecule has 1 atom stereocenters. The summed E-state index contributed by atoms with van der Waals surface area (Å²) in [4.78, 5) is 15.1. The van der Waals surface area contributed by atoms with Crippen molar-refractivity contribution >= 4 is 16.7 Å². The Balaban J connectivity index is 1.46. The molecule has 2 heterocycles. The molecule has 1 amide bonds. The Bertz CT molecular complexity index is 938. The number of fused-ring (bicyclic) bond motifs is 1. The van der Waals surface area contributed by atoms with Gasteiger partial charge in [0.25, 0.3) is 0 Å². The SMILES string of the molecule is Cn1cccc1[C@@H](CNC(=O)Cc1cccc2ccccc12)N1CCOCC1. The molecule has 0 aliphatic carbocycles. The number of benzene rings is 2. The average molecular weight is 377 g/mol. The van der Waals surface area contributed by atoms with Crippen LogP contribution in [0.15, 0.2) is 60.8 Å². The minimum absolute atomic E-state index is 0.0591. The van der Waals surface area contributed by atoms with Crippen LogP contribution in [0, 0.1) is 0 Å². The van der Waals surface area contributed by atoms with Crippen LogP contribution < -0.4 is 5.32 Å². The molecule has 4 rings (SSSR count). The Kier molecular flexibility index (Phi) is 5.74. The topological polar surface area (TPSA) is 46.5 Å². The molecule has 1 N–H and O–H groups in total. The smallest absolute Gasteiger partial charge is 0.224 e. The van der Waals surface area contributed by atoms with E-state index in [4.69, 9.17) is 4.74 Å². The molecule has 1 aromatic heterocycles. The quantitative estimate of drug-likeness (QED) is 0.719. The van der Waals surface area contributed by atoms with Gasteiger partial charge >= 0.3 is 0 Å². The van der Waals surface area contributed by atoms with E-state index >= 15 is 0 Å². The Morgan fingerprint density at radius 1 is 1.07 bits per heavy atom. The first-order valence-electron chi connectivity index (χ1n) is 9.89. The van der Waals surface area contributed by atoms with Gasteiger partial charge in [-0.1, -0.05) is 42.5 Å². The third kappa shape index (κ3) is 4.11. The lowest BCUT2D eigenvalue weighted by molar-refractivity contribution is -0.120. The summed E-state index contributed by atoms with van der Waals surface area (Å²) in [6.45, 7) is 3.85. The number of carbonyl (C=O) groups is 1. The van der Waals surface area contributed by atoms with E-state index in [1.54, 1.807) is 0 Å². The second-order valence-corrected chi connectivity index (χ2v) is 7.33. The zero-order valence-electron chi connectivity index (χ0n) is 16.3. The number of aryl methyl sites for hydroxylation is 1. The number of hydrogen-bond acceptors (Lipinski definition) is 3. The molecule has 3 aromatic rings. The lowest BCUT2D eigenvalue weighted by Gasteiger charge is -2.35. The van der Waals surface area contributed by atoms with Crippen molar-refractivity contribution in [1.82, 2.24) is 14.8 Å². The van der Waals surface area contributed by atoms with Crippen LogP contribution in [0.1, 0.15) is 17.3 Å². The fourth-order valence-corrected chi connectivity index (χ4v) is 4.02. The monoisotopic (exact) mass is 377 g/mol. The summed E-state index contributed by atoms with van der Waals surface area (Å²) < 4.78 is 7.64. The van der Waals surface area contributed by atoms with Gasteiger partial charge in [0, 0.05) is 38.6 Å². The summed E-state index contributed by atoms with van der Waals surface area (Å²) in [6.07, 6.45) is 2.45. The fourth-order valence-electron chi connectivity index (χ4n) is 4.02. The summed E-state index contributed by atoms with van der Waals surface area (Å²) in [5, 5.41) is 5.49. The van der Waals surface area contributed by atoms with E-state index in [-0.39, 0.29) is 11.9 Å². The maximum Gasteiger partial charge on any atom is 0.224 e. The first-order valence-corrected chi connectivity index (χ1v) is 9.89. The van der Waals surface area contributed by atoms with Crippen LogP contribution in [-0.4, -0.2) is 48.2 Å². The second kappa shape index (κ2) is 8.59. The molecule has 5 heteroatoms. The van der Waals surface area contributed by atoms with Gasteiger partial charge in [-0.3, -0.25) is 9.69 Å². The van der Waals surface area contributed by atoms with Crippen molar-refractivity contribution < 1.29 is 9.53 Å². The van der Waals surface area contributed by atoms with E-state index in [2.05, 4.69) is 58.4 Å². The van der Waals surface area contributed by atoms with Crippen LogP contribution in [-0.2, 0) is 23.0 Å². The van der Waals surface area contributed by atoms with Crippen molar-refractivity contribution in [3.63, 3.8) is 0 Å². The van der Waals surface area contributed by atoms with Gasteiger partial charge in [0.1, 0.15) is 0 Å². The molecule has 0 spiro atoms. The van der Waals surface area contributed by atoms with Gasteiger partial charge in [-0.2, -0.15) is 0 Å². The molecule has 1 fully saturated rings. The fraction of sp³-hybridized carbons (Fsp3) is 0.348. The predicted molar refractivity (Wildman–Crippen MR) is 111 cm³/mol. The van der Waals surface area contributed by atoms with Crippen molar-refractivity contribution in [2.24, 2.45) is 7.05 Å². The lowest BCUT2D eigenvalue weighted by atomic mass is 10.0. The van der Waals surface area contributed by atoms with Crippen molar-refractivity contribution in [3.05, 3.63) is 72.1 Å². The lowest BCUT2D eigenvalue weighted by Crippen LogP contribution is -2.44. The van der Waals surface area contributed by atoms with Crippen LogP contribution >= 0.6 is 0 Å². The van der Waals surface area contributed by atoms with E-state index < -0.39 is 0 Å². The highest BCUT2D eigenvalue weighted by atomic mass is 16.5. The van der Waals surface area contributed by atoms with Gasteiger partial charge in [0.15, 0.2) is 0 Å². The normalized spacial score (nSPS) is 16.2. The number of rotatable bonds is 6. The summed E-state index contributed by atoms with van der Waals surface area (Å²) in [5.41, 5.74) is 2.28. The molecular weight excluding hydrogens is 350 g/mol. The van der Waals surface area contributed by atoms with Gasteiger partial charge in [0.05, 0.1) is 25.7 Å². The van der Waals surface area contributed by atoms with E-state index in [0.717, 1.165) is 37.3 Å². The molecular formula is C23H27N3O2. The summed E-state index contributed by atoms with van der Waals surface area (Å²) in [6, 6.07) is 18.7. The minimum atomic E-state index is 0.0591. The molecule has 0 radical (unpaired) electrons. The minimum Gasteiger partial charge on any atom is -0.379 e. The van der Waals surface area contributed by atoms with Gasteiger partial charge in [-0.25, -0.2) is 0 Å². The number of aromatic nitrogens is 1. The maximum absolute atomic E-state index is 12.7. The molecule has 0 saturated carbocycles. The number of hydrogen-bond donors (Lipinski definition) is 1. The number of nitrogens with zero attached hydrogens (tertiary/aromatic N) is 2. The Morgan fingerprint density at radius 2 is 1.86 bits per heavy atom. The number of carbonyl (C=O) groups excluding carboxylic acids is 1. The third-order valence-corrected chi connectivity index (χ3v) is 5.54. The number of nitrogens with one attached hydrogen (secondary N) is 1. The van der Waals surface area contributed by atoms with Crippen molar-refractivity contribution in [2.45, 2.75) is 12.5 Å². The highest BCUT2D eigenvalue weighted by Gasteiger charge is 2.24. The Morgan fingerprint density at radius 3 is 2.64 bits per heavy atom. The third-order valence-electron chi connectivity index (χ3n) is 5.54. The summed E-state index contributed by atoms with van der Waals surface area (Å²) in [7, 11) is 2.06. The molecule has 1 saturated heterocycles. The van der Waals surface area contributed by atoms with Gasteiger partial charge in [0.2, 0.25) is 5.91 Å². The molecule has 28 heavy (non-hydrogen) atoms. The van der Waals surface area contributed by atoms with E-state index in [1.165, 1.54) is 11.1 Å². The Labute approximate surface area is 165 Å². The number of amides is 1. The summed E-state index contributed by atoms with van der Waals surface area (Å²) in [5.74, 6) is 0.0591. The van der Waals surface area contributed by atoms with E-state index in [9.17, 15) is 4.79 Å². The first-order chi connectivity index (χ1) is 13.7. The zero-order chi connectivity index (χ0) is 19.3.